The molecule has 0 aliphatic carbocycles. The highest BCUT2D eigenvalue weighted by Crippen LogP contribution is 2.17. The molecule has 3 aromatic rings. The second-order valence-electron chi connectivity index (χ2n) is 7.67. The van der Waals surface area contributed by atoms with Crippen molar-refractivity contribution < 1.29 is 4.74 Å². The number of benzene rings is 2. The Morgan fingerprint density at radius 3 is 2.87 bits per heavy atom. The van der Waals surface area contributed by atoms with E-state index in [0.29, 0.717) is 12.2 Å². The molecule has 0 spiro atoms. The molecule has 2 aromatic carbocycles. The predicted molar refractivity (Wildman–Crippen MR) is 115 cm³/mol. The number of rotatable bonds is 8. The van der Waals surface area contributed by atoms with Crippen molar-refractivity contribution in [3.63, 3.8) is 0 Å². The summed E-state index contributed by atoms with van der Waals surface area (Å²) in [7, 11) is 0. The molecular weight excluding hydrogens is 374 g/mol. The number of hydrogen-bond donors (Lipinski definition) is 1. The number of nitriles is 1. The SMILES string of the molecule is N#Cc1cccc(COc2cccc(CNCCc3nnc4n3CCCCC4)c2)c1. The van der Waals surface area contributed by atoms with Crippen LogP contribution in [0.3, 0.4) is 0 Å². The van der Waals surface area contributed by atoms with Gasteiger partial charge >= 0.3 is 0 Å². The van der Waals surface area contributed by atoms with E-state index >= 15 is 0 Å². The van der Waals surface area contributed by atoms with Gasteiger partial charge in [0.1, 0.15) is 24.0 Å². The second kappa shape index (κ2) is 10.0. The Balaban J connectivity index is 1.26. The largest absolute Gasteiger partial charge is 0.489 e. The highest BCUT2D eigenvalue weighted by Gasteiger charge is 2.14. The summed E-state index contributed by atoms with van der Waals surface area (Å²) >= 11 is 0. The number of nitrogens with one attached hydrogen (secondary N) is 1. The quantitative estimate of drug-likeness (QED) is 0.581. The summed E-state index contributed by atoms with van der Waals surface area (Å²) in [5.74, 6) is 3.07. The Hall–Kier alpha value is -3.17. The molecule has 4 rings (SSSR count). The maximum atomic E-state index is 9.01. The number of nitrogens with zero attached hydrogens (tertiary/aromatic N) is 4. The van der Waals surface area contributed by atoms with E-state index in [1.54, 1.807) is 6.07 Å². The Bertz CT molecular complexity index is 1020. The molecule has 1 aliphatic rings. The molecule has 6 nitrogen and oxygen atoms in total. The number of hydrogen-bond acceptors (Lipinski definition) is 5. The smallest absolute Gasteiger partial charge is 0.134 e. The molecule has 6 heteroatoms. The fourth-order valence-corrected chi connectivity index (χ4v) is 3.81. The average Bonchev–Trinajstić information content (AvgIpc) is 3.01. The molecule has 30 heavy (non-hydrogen) atoms. The van der Waals surface area contributed by atoms with Crippen LogP contribution in [0.15, 0.2) is 48.5 Å². The van der Waals surface area contributed by atoms with Gasteiger partial charge in [0.25, 0.3) is 0 Å². The van der Waals surface area contributed by atoms with Crippen molar-refractivity contribution in [2.45, 2.75) is 51.8 Å². The average molecular weight is 402 g/mol. The Morgan fingerprint density at radius 1 is 1.03 bits per heavy atom. The number of ether oxygens (including phenoxy) is 1. The zero-order valence-corrected chi connectivity index (χ0v) is 17.2. The van der Waals surface area contributed by atoms with Crippen LogP contribution in [0.4, 0.5) is 0 Å². The van der Waals surface area contributed by atoms with E-state index in [9.17, 15) is 0 Å². The van der Waals surface area contributed by atoms with Crippen molar-refractivity contribution in [1.29, 1.82) is 5.26 Å². The van der Waals surface area contributed by atoms with Crippen molar-refractivity contribution in [3.8, 4) is 11.8 Å². The molecule has 0 saturated carbocycles. The molecule has 1 N–H and O–H groups in total. The van der Waals surface area contributed by atoms with E-state index in [-0.39, 0.29) is 0 Å². The third-order valence-electron chi connectivity index (χ3n) is 5.40. The molecule has 1 aliphatic heterocycles. The minimum absolute atomic E-state index is 0.449. The molecule has 0 atom stereocenters. The summed E-state index contributed by atoms with van der Waals surface area (Å²) in [5.41, 5.74) is 2.82. The van der Waals surface area contributed by atoms with Crippen LogP contribution in [0.25, 0.3) is 0 Å². The van der Waals surface area contributed by atoms with Crippen LogP contribution < -0.4 is 10.1 Å². The lowest BCUT2D eigenvalue weighted by atomic mass is 10.1. The third-order valence-corrected chi connectivity index (χ3v) is 5.40. The lowest BCUT2D eigenvalue weighted by Gasteiger charge is -2.10. The first-order chi connectivity index (χ1) is 14.8. The first-order valence-corrected chi connectivity index (χ1v) is 10.6. The number of aromatic nitrogens is 3. The van der Waals surface area contributed by atoms with Crippen molar-refractivity contribution in [2.75, 3.05) is 6.54 Å². The van der Waals surface area contributed by atoms with Crippen molar-refractivity contribution >= 4 is 0 Å². The summed E-state index contributed by atoms with van der Waals surface area (Å²) in [4.78, 5) is 0. The summed E-state index contributed by atoms with van der Waals surface area (Å²) in [6.45, 7) is 3.14. The maximum absolute atomic E-state index is 9.01. The van der Waals surface area contributed by atoms with Gasteiger partial charge in [0.15, 0.2) is 0 Å². The minimum Gasteiger partial charge on any atom is -0.489 e. The van der Waals surface area contributed by atoms with E-state index in [1.807, 2.05) is 30.3 Å². The molecule has 2 heterocycles. The number of fused-ring (bicyclic) bond motifs is 1. The molecule has 0 radical (unpaired) electrons. The van der Waals surface area contributed by atoms with Gasteiger partial charge in [-0.15, -0.1) is 10.2 Å². The van der Waals surface area contributed by atoms with Crippen molar-refractivity contribution in [1.82, 2.24) is 20.1 Å². The number of aryl methyl sites for hydroxylation is 1. The molecule has 1 aromatic heterocycles. The standard InChI is InChI=1S/C24H27N5O/c25-16-19-6-4-8-21(14-19)18-30-22-9-5-7-20(15-22)17-26-12-11-24-28-27-23-10-2-1-3-13-29(23)24/h4-9,14-15,26H,1-3,10-13,17-18H2. The van der Waals surface area contributed by atoms with Gasteiger partial charge in [-0.2, -0.15) is 5.26 Å². The second-order valence-corrected chi connectivity index (χ2v) is 7.67. The molecule has 0 saturated heterocycles. The van der Waals surface area contributed by atoms with Gasteiger partial charge in [0.2, 0.25) is 0 Å². The topological polar surface area (TPSA) is 75.8 Å². The van der Waals surface area contributed by atoms with Crippen LogP contribution in [0.1, 0.15) is 47.6 Å². The van der Waals surface area contributed by atoms with Crippen LogP contribution in [0.5, 0.6) is 5.75 Å². The van der Waals surface area contributed by atoms with Crippen LogP contribution in [0.2, 0.25) is 0 Å². The van der Waals surface area contributed by atoms with Crippen LogP contribution in [-0.4, -0.2) is 21.3 Å². The van der Waals surface area contributed by atoms with Gasteiger partial charge in [-0.3, -0.25) is 0 Å². The zero-order chi connectivity index (χ0) is 20.6. The summed E-state index contributed by atoms with van der Waals surface area (Å²) < 4.78 is 8.22. The minimum atomic E-state index is 0.449. The third kappa shape index (κ3) is 5.25. The van der Waals surface area contributed by atoms with Gasteiger partial charge < -0.3 is 14.6 Å². The lowest BCUT2D eigenvalue weighted by Crippen LogP contribution is -2.19. The Morgan fingerprint density at radius 2 is 1.93 bits per heavy atom. The lowest BCUT2D eigenvalue weighted by molar-refractivity contribution is 0.306. The Labute approximate surface area is 177 Å². The van der Waals surface area contributed by atoms with Gasteiger partial charge in [-0.1, -0.05) is 30.7 Å². The van der Waals surface area contributed by atoms with E-state index < -0.39 is 0 Å². The highest BCUT2D eigenvalue weighted by atomic mass is 16.5. The van der Waals surface area contributed by atoms with E-state index in [2.05, 4.69) is 38.3 Å². The summed E-state index contributed by atoms with van der Waals surface area (Å²) in [5, 5.41) is 21.3. The van der Waals surface area contributed by atoms with E-state index in [1.165, 1.54) is 24.8 Å². The predicted octanol–water partition coefficient (Wildman–Crippen LogP) is 3.79. The van der Waals surface area contributed by atoms with Crippen molar-refractivity contribution in [2.24, 2.45) is 0 Å². The first-order valence-electron chi connectivity index (χ1n) is 10.6. The summed E-state index contributed by atoms with van der Waals surface area (Å²) in [6.07, 6.45) is 5.66. The van der Waals surface area contributed by atoms with Gasteiger partial charge in [0.05, 0.1) is 11.6 Å². The monoisotopic (exact) mass is 401 g/mol. The normalized spacial score (nSPS) is 13.3. The molecule has 0 unspecified atom stereocenters. The molecule has 0 bridgehead atoms. The van der Waals surface area contributed by atoms with Gasteiger partial charge in [-0.25, -0.2) is 0 Å². The van der Waals surface area contributed by atoms with Gasteiger partial charge in [0, 0.05) is 32.5 Å². The highest BCUT2D eigenvalue weighted by molar-refractivity contribution is 5.33. The van der Waals surface area contributed by atoms with E-state index in [0.717, 1.165) is 55.4 Å². The van der Waals surface area contributed by atoms with Crippen LogP contribution in [-0.2, 0) is 32.5 Å². The molecule has 154 valence electrons. The molecule has 0 fully saturated rings. The van der Waals surface area contributed by atoms with Crippen LogP contribution >= 0.6 is 0 Å². The van der Waals surface area contributed by atoms with Gasteiger partial charge in [-0.05, 0) is 48.2 Å². The Kier molecular flexibility index (Phi) is 6.73. The zero-order valence-electron chi connectivity index (χ0n) is 17.2. The van der Waals surface area contributed by atoms with Crippen LogP contribution in [0, 0.1) is 11.3 Å². The summed E-state index contributed by atoms with van der Waals surface area (Å²) in [6, 6.07) is 17.8. The molecular formula is C24H27N5O. The van der Waals surface area contributed by atoms with E-state index in [4.69, 9.17) is 10.00 Å². The first kappa shape index (κ1) is 20.1. The van der Waals surface area contributed by atoms with Crippen molar-refractivity contribution in [3.05, 3.63) is 76.9 Å². The molecule has 0 amide bonds. The fourth-order valence-electron chi connectivity index (χ4n) is 3.81. The maximum Gasteiger partial charge on any atom is 0.134 e. The fraction of sp³-hybridized carbons (Fsp3) is 0.375.